The molecule has 0 saturated carbocycles. The molecule has 3 nitrogen and oxygen atoms in total. The van der Waals surface area contributed by atoms with Crippen molar-refractivity contribution in [2.45, 2.75) is 32.5 Å². The summed E-state index contributed by atoms with van der Waals surface area (Å²) in [6, 6.07) is 9.73. The van der Waals surface area contributed by atoms with Gasteiger partial charge in [-0.05, 0) is 31.6 Å². The summed E-state index contributed by atoms with van der Waals surface area (Å²) in [5, 5.41) is 3.19. The smallest absolute Gasteiger partial charge is 0.0234 e. The van der Waals surface area contributed by atoms with Crippen LogP contribution in [0, 0.1) is 0 Å². The number of nitrogens with zero attached hydrogens (tertiary/aromatic N) is 2. The van der Waals surface area contributed by atoms with Crippen molar-refractivity contribution in [2.75, 3.05) is 33.7 Å². The fourth-order valence-corrected chi connectivity index (χ4v) is 2.82. The summed E-state index contributed by atoms with van der Waals surface area (Å²) in [7, 11) is 4.24. The van der Waals surface area contributed by atoms with Crippen LogP contribution in [0.15, 0.2) is 24.3 Å². The molecule has 1 atom stereocenters. The van der Waals surface area contributed by atoms with Crippen molar-refractivity contribution in [1.82, 2.24) is 15.1 Å². The van der Waals surface area contributed by atoms with E-state index in [1.807, 2.05) is 7.05 Å². The molecule has 0 spiro atoms. The first-order valence-electron chi connectivity index (χ1n) is 7.38. The maximum Gasteiger partial charge on any atom is 0.0234 e. The Kier molecular flexibility index (Phi) is 5.37. The fraction of sp³-hybridized carbons (Fsp3) is 0.625. The average Bonchev–Trinajstić information content (AvgIpc) is 2.43. The third kappa shape index (κ3) is 4.03. The third-order valence-electron chi connectivity index (χ3n) is 4.14. The van der Waals surface area contributed by atoms with Crippen LogP contribution in [0.4, 0.5) is 0 Å². The van der Waals surface area contributed by atoms with Crippen LogP contribution in [0.25, 0.3) is 0 Å². The molecule has 1 aliphatic rings. The number of nitrogens with one attached hydrogen (secondary N) is 1. The highest BCUT2D eigenvalue weighted by molar-refractivity contribution is 5.22. The molecule has 1 unspecified atom stereocenters. The fourth-order valence-electron chi connectivity index (χ4n) is 2.82. The Bertz CT molecular complexity index is 374. The van der Waals surface area contributed by atoms with E-state index in [0.717, 1.165) is 19.1 Å². The molecule has 0 radical (unpaired) electrons. The summed E-state index contributed by atoms with van der Waals surface area (Å²) in [6.07, 6.45) is 1.24. The van der Waals surface area contributed by atoms with Crippen LogP contribution in [-0.4, -0.2) is 49.6 Å². The van der Waals surface area contributed by atoms with E-state index in [-0.39, 0.29) is 0 Å². The highest BCUT2D eigenvalue weighted by Crippen LogP contribution is 2.14. The van der Waals surface area contributed by atoms with Crippen LogP contribution in [0.1, 0.15) is 24.5 Å². The first-order valence-corrected chi connectivity index (χ1v) is 7.38. The minimum atomic E-state index is 0.720. The van der Waals surface area contributed by atoms with Crippen molar-refractivity contribution in [3.8, 4) is 0 Å². The predicted octanol–water partition coefficient (Wildman–Crippen LogP) is 1.93. The van der Waals surface area contributed by atoms with Crippen molar-refractivity contribution in [3.05, 3.63) is 35.4 Å². The summed E-state index contributed by atoms with van der Waals surface area (Å²) in [5.74, 6) is 0. The summed E-state index contributed by atoms with van der Waals surface area (Å²) in [4.78, 5) is 5.08. The van der Waals surface area contributed by atoms with E-state index in [1.165, 1.54) is 37.2 Å². The van der Waals surface area contributed by atoms with Gasteiger partial charge in [-0.3, -0.25) is 4.90 Å². The highest BCUT2D eigenvalue weighted by Gasteiger charge is 2.22. The molecular weight excluding hydrogens is 234 g/mol. The molecule has 0 aromatic heterocycles. The van der Waals surface area contributed by atoms with E-state index in [4.69, 9.17) is 0 Å². The molecule has 1 aliphatic heterocycles. The second kappa shape index (κ2) is 7.04. The molecule has 1 saturated heterocycles. The van der Waals surface area contributed by atoms with E-state index in [2.05, 4.69) is 53.4 Å². The van der Waals surface area contributed by atoms with Crippen LogP contribution in [0.2, 0.25) is 0 Å². The lowest BCUT2D eigenvalue weighted by Crippen LogP contribution is -2.50. The van der Waals surface area contributed by atoms with Gasteiger partial charge in [0.05, 0.1) is 0 Å². The normalized spacial score (nSPS) is 21.7. The molecule has 2 rings (SSSR count). The Morgan fingerprint density at radius 2 is 1.84 bits per heavy atom. The number of hydrogen-bond donors (Lipinski definition) is 1. The quantitative estimate of drug-likeness (QED) is 0.874. The molecule has 106 valence electrons. The maximum atomic E-state index is 3.19. The molecule has 19 heavy (non-hydrogen) atoms. The Morgan fingerprint density at radius 1 is 1.16 bits per heavy atom. The largest absolute Gasteiger partial charge is 0.316 e. The number of likely N-dealkylation sites (N-methyl/N-ethyl adjacent to an activating group) is 1. The lowest BCUT2D eigenvalue weighted by atomic mass is 10.1. The van der Waals surface area contributed by atoms with E-state index in [9.17, 15) is 0 Å². The zero-order chi connectivity index (χ0) is 13.7. The maximum absolute atomic E-state index is 3.19. The number of piperazine rings is 1. The first-order chi connectivity index (χ1) is 9.22. The van der Waals surface area contributed by atoms with Crippen molar-refractivity contribution >= 4 is 0 Å². The Hall–Kier alpha value is -0.900. The van der Waals surface area contributed by atoms with Gasteiger partial charge in [-0.2, -0.15) is 0 Å². The van der Waals surface area contributed by atoms with Gasteiger partial charge in [0, 0.05) is 38.8 Å². The van der Waals surface area contributed by atoms with Gasteiger partial charge in [-0.1, -0.05) is 31.2 Å². The van der Waals surface area contributed by atoms with Crippen molar-refractivity contribution < 1.29 is 0 Å². The molecule has 0 bridgehead atoms. The van der Waals surface area contributed by atoms with Crippen LogP contribution in [0.3, 0.4) is 0 Å². The lowest BCUT2D eigenvalue weighted by molar-refractivity contribution is 0.0884. The number of benzene rings is 1. The number of hydrogen-bond acceptors (Lipinski definition) is 3. The monoisotopic (exact) mass is 261 g/mol. The molecule has 1 N–H and O–H groups in total. The van der Waals surface area contributed by atoms with Gasteiger partial charge < -0.3 is 10.2 Å². The Labute approximate surface area is 117 Å². The predicted molar refractivity (Wildman–Crippen MR) is 81.2 cm³/mol. The summed E-state index contributed by atoms with van der Waals surface area (Å²) >= 11 is 0. The zero-order valence-electron chi connectivity index (χ0n) is 12.5. The minimum absolute atomic E-state index is 0.720. The van der Waals surface area contributed by atoms with Gasteiger partial charge in [0.2, 0.25) is 0 Å². The van der Waals surface area contributed by atoms with Crippen LogP contribution in [-0.2, 0) is 13.1 Å². The van der Waals surface area contributed by atoms with Crippen LogP contribution in [0.5, 0.6) is 0 Å². The van der Waals surface area contributed by atoms with Crippen LogP contribution >= 0.6 is 0 Å². The summed E-state index contributed by atoms with van der Waals surface area (Å²) in [6.45, 7) is 7.90. The van der Waals surface area contributed by atoms with Crippen molar-refractivity contribution in [1.29, 1.82) is 0 Å². The topological polar surface area (TPSA) is 18.5 Å². The van der Waals surface area contributed by atoms with Gasteiger partial charge >= 0.3 is 0 Å². The molecule has 1 aromatic rings. The highest BCUT2D eigenvalue weighted by atomic mass is 15.3. The van der Waals surface area contributed by atoms with Gasteiger partial charge in [0.1, 0.15) is 0 Å². The molecule has 1 fully saturated rings. The van der Waals surface area contributed by atoms with E-state index in [0.29, 0.717) is 0 Å². The Morgan fingerprint density at radius 3 is 2.47 bits per heavy atom. The van der Waals surface area contributed by atoms with Gasteiger partial charge in [0.25, 0.3) is 0 Å². The van der Waals surface area contributed by atoms with Gasteiger partial charge in [0.15, 0.2) is 0 Å². The third-order valence-corrected chi connectivity index (χ3v) is 4.14. The van der Waals surface area contributed by atoms with E-state index >= 15 is 0 Å². The standard InChI is InChI=1S/C16H27N3/c1-4-16-13-19(10-9-18(16)3)12-15-7-5-14(6-8-15)11-17-2/h5-8,16-17H,4,9-13H2,1-3H3. The molecule has 3 heteroatoms. The van der Waals surface area contributed by atoms with Crippen LogP contribution < -0.4 is 5.32 Å². The Balaban J connectivity index is 1.90. The van der Waals surface area contributed by atoms with Gasteiger partial charge in [-0.25, -0.2) is 0 Å². The second-order valence-electron chi connectivity index (χ2n) is 5.62. The molecule has 1 heterocycles. The number of rotatable bonds is 5. The minimum Gasteiger partial charge on any atom is -0.316 e. The van der Waals surface area contributed by atoms with Crippen molar-refractivity contribution in [2.24, 2.45) is 0 Å². The first kappa shape index (κ1) is 14.5. The molecular formula is C16H27N3. The van der Waals surface area contributed by atoms with Crippen molar-refractivity contribution in [3.63, 3.8) is 0 Å². The average molecular weight is 261 g/mol. The SMILES string of the molecule is CCC1CN(Cc2ccc(CNC)cc2)CCN1C. The van der Waals surface area contributed by atoms with Gasteiger partial charge in [-0.15, -0.1) is 0 Å². The molecule has 0 aliphatic carbocycles. The van der Waals surface area contributed by atoms with E-state index in [1.54, 1.807) is 0 Å². The second-order valence-corrected chi connectivity index (χ2v) is 5.62. The molecule has 0 amide bonds. The van der Waals surface area contributed by atoms with E-state index < -0.39 is 0 Å². The summed E-state index contributed by atoms with van der Waals surface area (Å²) < 4.78 is 0. The summed E-state index contributed by atoms with van der Waals surface area (Å²) in [5.41, 5.74) is 2.79. The lowest BCUT2D eigenvalue weighted by Gasteiger charge is -2.39. The molecule has 1 aromatic carbocycles. The zero-order valence-corrected chi connectivity index (χ0v) is 12.5.